The molecule has 0 aromatic rings. The van der Waals surface area contributed by atoms with Crippen molar-refractivity contribution >= 4 is 8.25 Å². The van der Waals surface area contributed by atoms with Crippen molar-refractivity contribution in [3.63, 3.8) is 0 Å². The van der Waals surface area contributed by atoms with Crippen LogP contribution in [-0.4, -0.2) is 25.1 Å². The molecule has 0 amide bonds. The molecule has 158 valence electrons. The highest BCUT2D eigenvalue weighted by atomic mass is 31.1. The Bertz CT molecular complexity index is 248. The van der Waals surface area contributed by atoms with Gasteiger partial charge in [-0.15, -0.1) is 9.42 Å². The van der Waals surface area contributed by atoms with E-state index < -0.39 is 8.25 Å². The lowest BCUT2D eigenvalue weighted by Crippen LogP contribution is -2.06. The number of hydrogen-bond donors (Lipinski definition) is 2. The second-order valence-electron chi connectivity index (χ2n) is 7.06. The Labute approximate surface area is 164 Å². The van der Waals surface area contributed by atoms with Crippen LogP contribution in [0.3, 0.4) is 0 Å². The second kappa shape index (κ2) is 27.2. The molecular weight excluding hydrogens is 345 g/mol. The highest BCUT2D eigenvalue weighted by molar-refractivity contribution is 7.32. The van der Waals surface area contributed by atoms with E-state index in [1.807, 2.05) is 7.05 Å². The van der Waals surface area contributed by atoms with E-state index in [-0.39, 0.29) is 0 Å². The normalized spacial score (nSPS) is 11.2. The summed E-state index contributed by atoms with van der Waals surface area (Å²) in [5.74, 6) is 0. The molecule has 0 rings (SSSR count). The molecule has 1 atom stereocenters. The molecule has 0 bridgehead atoms. The standard InChI is InChI=1S/C19H41N.C2H5O3P/c1-3-4-5-6-7-8-9-10-11-12-13-14-15-16-17-18-19-20-2;1-2-5-6(3)4/h20H,3-19H2,1-2H3;2H2,1H3/p+1. The van der Waals surface area contributed by atoms with Gasteiger partial charge in [-0.25, -0.2) is 0 Å². The molecule has 0 aliphatic carbocycles. The summed E-state index contributed by atoms with van der Waals surface area (Å²) in [7, 11) is -0.304. The first-order valence-electron chi connectivity index (χ1n) is 11.1. The van der Waals surface area contributed by atoms with E-state index in [2.05, 4.69) is 16.8 Å². The topological polar surface area (TPSA) is 58.6 Å². The van der Waals surface area contributed by atoms with Crippen molar-refractivity contribution in [2.24, 2.45) is 0 Å². The zero-order chi connectivity index (χ0) is 19.7. The van der Waals surface area contributed by atoms with Gasteiger partial charge in [0.15, 0.2) is 0 Å². The van der Waals surface area contributed by atoms with Crippen LogP contribution in [0.1, 0.15) is 117 Å². The fraction of sp³-hybridized carbons (Fsp3) is 1.00. The predicted octanol–water partition coefficient (Wildman–Crippen LogP) is 7.14. The third-order valence-electron chi connectivity index (χ3n) is 4.52. The van der Waals surface area contributed by atoms with E-state index in [4.69, 9.17) is 4.89 Å². The van der Waals surface area contributed by atoms with Gasteiger partial charge in [0.2, 0.25) is 0 Å². The molecule has 0 aliphatic heterocycles. The first kappa shape index (κ1) is 28.2. The number of nitrogens with one attached hydrogen (secondary N) is 1. The van der Waals surface area contributed by atoms with Crippen molar-refractivity contribution in [1.82, 2.24) is 5.32 Å². The number of hydrogen-bond acceptors (Lipinski definition) is 3. The molecule has 0 radical (unpaired) electrons. The molecule has 0 heterocycles. The summed E-state index contributed by atoms with van der Waals surface area (Å²) in [4.78, 5) is 7.84. The molecule has 0 aromatic heterocycles. The lowest BCUT2D eigenvalue weighted by atomic mass is 10.0. The molecule has 2 N–H and O–H groups in total. The largest absolute Gasteiger partial charge is 0.694 e. The summed E-state index contributed by atoms with van der Waals surface area (Å²) in [5.41, 5.74) is 0. The van der Waals surface area contributed by atoms with Gasteiger partial charge in [0, 0.05) is 4.57 Å². The summed E-state index contributed by atoms with van der Waals surface area (Å²) in [5, 5.41) is 3.22. The van der Waals surface area contributed by atoms with Gasteiger partial charge in [0.1, 0.15) is 6.61 Å². The van der Waals surface area contributed by atoms with E-state index in [9.17, 15) is 4.57 Å². The monoisotopic (exact) mass is 392 g/mol. The third kappa shape index (κ3) is 31.7. The third-order valence-corrected chi connectivity index (χ3v) is 5.00. The molecule has 1 unspecified atom stereocenters. The number of rotatable bonds is 19. The van der Waals surface area contributed by atoms with Crippen LogP contribution in [0, 0.1) is 0 Å². The van der Waals surface area contributed by atoms with Crippen molar-refractivity contribution in [1.29, 1.82) is 0 Å². The first-order chi connectivity index (χ1) is 12.7. The van der Waals surface area contributed by atoms with Gasteiger partial charge in [0.25, 0.3) is 0 Å². The maximum atomic E-state index is 9.53. The predicted molar refractivity (Wildman–Crippen MR) is 115 cm³/mol. The van der Waals surface area contributed by atoms with Gasteiger partial charge in [-0.1, -0.05) is 103 Å². The molecule has 0 aliphatic rings. The van der Waals surface area contributed by atoms with E-state index in [0.717, 1.165) is 0 Å². The Hall–Kier alpha value is -0.0200. The molecule has 5 heteroatoms. The van der Waals surface area contributed by atoms with Crippen LogP contribution < -0.4 is 5.32 Å². The van der Waals surface area contributed by atoms with Crippen molar-refractivity contribution in [2.45, 2.75) is 117 Å². The zero-order valence-electron chi connectivity index (χ0n) is 17.9. The van der Waals surface area contributed by atoms with Crippen LogP contribution in [0.15, 0.2) is 0 Å². The minimum atomic E-state index is -2.35. The van der Waals surface area contributed by atoms with Crippen LogP contribution in [-0.2, 0) is 9.09 Å². The summed E-state index contributed by atoms with van der Waals surface area (Å²) in [6.07, 6.45) is 23.2. The molecule has 0 spiro atoms. The fourth-order valence-electron chi connectivity index (χ4n) is 2.96. The molecule has 4 nitrogen and oxygen atoms in total. The number of unbranched alkanes of at least 4 members (excludes halogenated alkanes) is 15. The Morgan fingerprint density at radius 3 is 1.27 bits per heavy atom. The summed E-state index contributed by atoms with van der Waals surface area (Å²) in [6, 6.07) is 0. The quantitative estimate of drug-likeness (QED) is 0.181. The maximum Gasteiger partial charge on any atom is 0.694 e. The Kier molecular flexibility index (Phi) is 29.5. The molecule has 0 saturated heterocycles. The minimum Gasteiger partial charge on any atom is -0.320 e. The van der Waals surface area contributed by atoms with Gasteiger partial charge in [0.05, 0.1) is 0 Å². The van der Waals surface area contributed by atoms with Gasteiger partial charge in [-0.3, -0.25) is 0 Å². The Balaban J connectivity index is 0. The summed E-state index contributed by atoms with van der Waals surface area (Å²) >= 11 is 0. The van der Waals surface area contributed by atoms with E-state index in [0.29, 0.717) is 6.61 Å². The molecule has 0 fully saturated rings. The maximum absolute atomic E-state index is 9.53. The molecule has 26 heavy (non-hydrogen) atoms. The lowest BCUT2D eigenvalue weighted by Gasteiger charge is -2.03. The summed E-state index contributed by atoms with van der Waals surface area (Å²) < 4.78 is 13.6. The molecule has 0 aromatic carbocycles. The average Bonchev–Trinajstić information content (AvgIpc) is 2.62. The highest BCUT2D eigenvalue weighted by Gasteiger charge is 2.06. The van der Waals surface area contributed by atoms with Gasteiger partial charge in [-0.05, 0) is 26.9 Å². The minimum absolute atomic E-state index is 0.297. The van der Waals surface area contributed by atoms with Crippen molar-refractivity contribution < 1.29 is 14.0 Å². The first-order valence-corrected chi connectivity index (χ1v) is 12.3. The summed E-state index contributed by atoms with van der Waals surface area (Å²) in [6.45, 7) is 5.44. The molecular formula is C21H47NO3P+. The van der Waals surface area contributed by atoms with Gasteiger partial charge < -0.3 is 5.32 Å². The van der Waals surface area contributed by atoms with E-state index in [1.54, 1.807) is 6.92 Å². The zero-order valence-corrected chi connectivity index (χ0v) is 18.8. The molecule has 0 saturated carbocycles. The smallest absolute Gasteiger partial charge is 0.320 e. The van der Waals surface area contributed by atoms with Crippen LogP contribution >= 0.6 is 8.25 Å². The van der Waals surface area contributed by atoms with Crippen molar-refractivity contribution in [3.05, 3.63) is 0 Å². The van der Waals surface area contributed by atoms with Crippen molar-refractivity contribution in [2.75, 3.05) is 20.2 Å². The van der Waals surface area contributed by atoms with Gasteiger partial charge >= 0.3 is 8.25 Å². The van der Waals surface area contributed by atoms with Crippen LogP contribution in [0.2, 0.25) is 0 Å². The van der Waals surface area contributed by atoms with Gasteiger partial charge in [-0.2, -0.15) is 0 Å². The Morgan fingerprint density at radius 2 is 1.04 bits per heavy atom. The Morgan fingerprint density at radius 1 is 0.692 bits per heavy atom. The highest BCUT2D eigenvalue weighted by Crippen LogP contribution is 2.13. The SMILES string of the molecule is CCCCCCCCCCCCCCCCCCNC.CCO[P+](=O)O. The van der Waals surface area contributed by atoms with Crippen LogP contribution in [0.4, 0.5) is 0 Å². The van der Waals surface area contributed by atoms with Crippen molar-refractivity contribution in [3.8, 4) is 0 Å². The lowest BCUT2D eigenvalue weighted by molar-refractivity contribution is 0.297. The average molecular weight is 393 g/mol. The fourth-order valence-corrected chi connectivity index (χ4v) is 3.18. The van der Waals surface area contributed by atoms with E-state index >= 15 is 0 Å². The van der Waals surface area contributed by atoms with E-state index in [1.165, 1.54) is 109 Å². The van der Waals surface area contributed by atoms with Crippen LogP contribution in [0.25, 0.3) is 0 Å². The second-order valence-corrected chi connectivity index (χ2v) is 7.80. The van der Waals surface area contributed by atoms with Crippen LogP contribution in [0.5, 0.6) is 0 Å².